The summed E-state index contributed by atoms with van der Waals surface area (Å²) in [4.78, 5) is 20.3. The van der Waals surface area contributed by atoms with Crippen LogP contribution in [-0.4, -0.2) is 35.6 Å². The molecule has 0 saturated heterocycles. The van der Waals surface area contributed by atoms with Gasteiger partial charge in [-0.25, -0.2) is 9.97 Å². The van der Waals surface area contributed by atoms with Crippen molar-refractivity contribution in [2.75, 3.05) is 19.0 Å². The molecule has 0 spiro atoms. The highest BCUT2D eigenvalue weighted by molar-refractivity contribution is 5.93. The van der Waals surface area contributed by atoms with Crippen LogP contribution in [0.5, 0.6) is 5.75 Å². The number of carbonyl (C=O) groups excluding carboxylic acids is 1. The number of anilines is 1. The summed E-state index contributed by atoms with van der Waals surface area (Å²) >= 11 is 0. The number of benzene rings is 1. The highest BCUT2D eigenvalue weighted by Gasteiger charge is 2.07. The van der Waals surface area contributed by atoms with Crippen LogP contribution >= 0.6 is 0 Å². The monoisotopic (exact) mass is 314 g/mol. The molecule has 23 heavy (non-hydrogen) atoms. The Morgan fingerprint density at radius 2 is 2.00 bits per heavy atom. The molecule has 0 saturated carbocycles. The number of rotatable bonds is 7. The van der Waals surface area contributed by atoms with Crippen molar-refractivity contribution in [2.24, 2.45) is 0 Å². The first kappa shape index (κ1) is 16.7. The zero-order valence-electron chi connectivity index (χ0n) is 13.7. The molecule has 1 aromatic heterocycles. The molecule has 6 heteroatoms. The van der Waals surface area contributed by atoms with E-state index in [2.05, 4.69) is 20.6 Å². The van der Waals surface area contributed by atoms with E-state index in [1.54, 1.807) is 7.11 Å². The van der Waals surface area contributed by atoms with Crippen molar-refractivity contribution in [3.63, 3.8) is 0 Å². The first-order chi connectivity index (χ1) is 11.1. The number of hydrogen-bond acceptors (Lipinski definition) is 5. The number of aromatic nitrogens is 2. The van der Waals surface area contributed by atoms with Crippen LogP contribution < -0.4 is 15.4 Å². The van der Waals surface area contributed by atoms with Crippen molar-refractivity contribution in [1.29, 1.82) is 0 Å². The summed E-state index contributed by atoms with van der Waals surface area (Å²) in [7, 11) is 1.64. The third-order valence-corrected chi connectivity index (χ3v) is 3.17. The van der Waals surface area contributed by atoms with Crippen molar-refractivity contribution >= 4 is 11.9 Å². The van der Waals surface area contributed by atoms with E-state index in [-0.39, 0.29) is 11.9 Å². The van der Waals surface area contributed by atoms with Gasteiger partial charge in [0.15, 0.2) is 0 Å². The first-order valence-corrected chi connectivity index (χ1v) is 7.58. The van der Waals surface area contributed by atoms with Gasteiger partial charge in [-0.3, -0.25) is 4.79 Å². The Balaban J connectivity index is 1.84. The molecule has 1 heterocycles. The number of nitrogens with one attached hydrogen (secondary N) is 2. The largest absolute Gasteiger partial charge is 0.497 e. The van der Waals surface area contributed by atoms with Gasteiger partial charge < -0.3 is 15.4 Å². The van der Waals surface area contributed by atoms with Gasteiger partial charge in [0, 0.05) is 25.0 Å². The normalized spacial score (nSPS) is 10.4. The predicted octanol–water partition coefficient (Wildman–Crippen LogP) is 2.28. The Morgan fingerprint density at radius 1 is 1.26 bits per heavy atom. The van der Waals surface area contributed by atoms with Gasteiger partial charge in [-0.15, -0.1) is 0 Å². The molecule has 0 aliphatic carbocycles. The summed E-state index contributed by atoms with van der Waals surface area (Å²) in [5.74, 6) is 1.16. The number of methoxy groups -OCH3 is 1. The molecule has 0 radical (unpaired) electrons. The lowest BCUT2D eigenvalue weighted by atomic mass is 10.1. The number of ether oxygens (including phenoxy) is 1. The second-order valence-corrected chi connectivity index (χ2v) is 5.45. The minimum Gasteiger partial charge on any atom is -0.497 e. The summed E-state index contributed by atoms with van der Waals surface area (Å²) in [6.07, 6.45) is 3.79. The van der Waals surface area contributed by atoms with Gasteiger partial charge in [-0.05, 0) is 38.0 Å². The van der Waals surface area contributed by atoms with Crippen LogP contribution in [-0.2, 0) is 6.42 Å². The van der Waals surface area contributed by atoms with Gasteiger partial charge in [0.1, 0.15) is 5.75 Å². The van der Waals surface area contributed by atoms with E-state index in [0.717, 1.165) is 17.7 Å². The van der Waals surface area contributed by atoms with Gasteiger partial charge in [0.25, 0.3) is 5.91 Å². The zero-order valence-corrected chi connectivity index (χ0v) is 13.7. The van der Waals surface area contributed by atoms with Gasteiger partial charge in [-0.1, -0.05) is 12.1 Å². The third kappa shape index (κ3) is 5.25. The molecular weight excluding hydrogens is 292 g/mol. The van der Waals surface area contributed by atoms with E-state index in [1.807, 2.05) is 38.1 Å². The molecule has 1 aromatic carbocycles. The maximum atomic E-state index is 12.1. The fraction of sp³-hybridized carbons (Fsp3) is 0.353. The van der Waals surface area contributed by atoms with Crippen LogP contribution in [0.1, 0.15) is 29.8 Å². The molecule has 2 rings (SSSR count). The van der Waals surface area contributed by atoms with E-state index in [9.17, 15) is 4.79 Å². The molecule has 0 aliphatic heterocycles. The molecule has 1 amide bonds. The lowest BCUT2D eigenvalue weighted by Gasteiger charge is -2.09. The maximum Gasteiger partial charge on any atom is 0.254 e. The van der Waals surface area contributed by atoms with E-state index in [4.69, 9.17) is 4.74 Å². The van der Waals surface area contributed by atoms with Gasteiger partial charge in [0.05, 0.1) is 12.7 Å². The Morgan fingerprint density at radius 3 is 2.65 bits per heavy atom. The topological polar surface area (TPSA) is 76.1 Å². The number of carbonyl (C=O) groups is 1. The Hall–Kier alpha value is -2.63. The summed E-state index contributed by atoms with van der Waals surface area (Å²) in [5, 5.41) is 5.95. The SMILES string of the molecule is COc1cccc(CCNC(=O)c2cnc(NC(C)C)nc2)c1. The first-order valence-electron chi connectivity index (χ1n) is 7.58. The molecule has 2 aromatic rings. The molecule has 122 valence electrons. The number of hydrogen-bond donors (Lipinski definition) is 2. The fourth-order valence-electron chi connectivity index (χ4n) is 2.03. The molecule has 0 aliphatic rings. The number of nitrogens with zero attached hydrogens (tertiary/aromatic N) is 2. The van der Waals surface area contributed by atoms with Crippen LogP contribution in [0.2, 0.25) is 0 Å². The molecule has 0 bridgehead atoms. The van der Waals surface area contributed by atoms with Crippen molar-refractivity contribution in [2.45, 2.75) is 26.3 Å². The maximum absolute atomic E-state index is 12.1. The Labute approximate surface area is 136 Å². The quantitative estimate of drug-likeness (QED) is 0.820. The minimum absolute atomic E-state index is 0.177. The molecular formula is C17H22N4O2. The van der Waals surface area contributed by atoms with Crippen LogP contribution in [0.3, 0.4) is 0 Å². The van der Waals surface area contributed by atoms with Crippen LogP contribution in [0.25, 0.3) is 0 Å². The highest BCUT2D eigenvalue weighted by atomic mass is 16.5. The summed E-state index contributed by atoms with van der Waals surface area (Å²) in [6, 6.07) is 8.04. The van der Waals surface area contributed by atoms with Gasteiger partial charge in [0.2, 0.25) is 5.95 Å². The zero-order chi connectivity index (χ0) is 16.7. The average Bonchev–Trinajstić information content (AvgIpc) is 2.55. The smallest absolute Gasteiger partial charge is 0.254 e. The average molecular weight is 314 g/mol. The Kier molecular flexibility index (Phi) is 5.91. The molecule has 0 fully saturated rings. The van der Waals surface area contributed by atoms with Crippen LogP contribution in [0, 0.1) is 0 Å². The summed E-state index contributed by atoms with van der Waals surface area (Å²) < 4.78 is 5.18. The van der Waals surface area contributed by atoms with Crippen LogP contribution in [0.15, 0.2) is 36.7 Å². The highest BCUT2D eigenvalue weighted by Crippen LogP contribution is 2.12. The lowest BCUT2D eigenvalue weighted by molar-refractivity contribution is 0.0953. The van der Waals surface area contributed by atoms with E-state index in [1.165, 1.54) is 12.4 Å². The van der Waals surface area contributed by atoms with Crippen molar-refractivity contribution < 1.29 is 9.53 Å². The van der Waals surface area contributed by atoms with Crippen LogP contribution in [0.4, 0.5) is 5.95 Å². The van der Waals surface area contributed by atoms with Crippen molar-refractivity contribution in [3.05, 3.63) is 47.8 Å². The summed E-state index contributed by atoms with van der Waals surface area (Å²) in [6.45, 7) is 4.54. The predicted molar refractivity (Wildman–Crippen MR) is 89.8 cm³/mol. The van der Waals surface area contributed by atoms with E-state index in [0.29, 0.717) is 18.1 Å². The molecule has 0 unspecified atom stereocenters. The fourth-order valence-corrected chi connectivity index (χ4v) is 2.03. The minimum atomic E-state index is -0.177. The van der Waals surface area contributed by atoms with Crippen molar-refractivity contribution in [3.8, 4) is 5.75 Å². The summed E-state index contributed by atoms with van der Waals surface area (Å²) in [5.41, 5.74) is 1.56. The van der Waals surface area contributed by atoms with Gasteiger partial charge in [-0.2, -0.15) is 0 Å². The molecule has 6 nitrogen and oxygen atoms in total. The van der Waals surface area contributed by atoms with E-state index < -0.39 is 0 Å². The Bertz CT molecular complexity index is 641. The lowest BCUT2D eigenvalue weighted by Crippen LogP contribution is -2.26. The second kappa shape index (κ2) is 8.12. The molecule has 2 N–H and O–H groups in total. The standard InChI is InChI=1S/C17H22N4O2/c1-12(2)21-17-19-10-14(11-20-17)16(22)18-8-7-13-5-4-6-15(9-13)23-3/h4-6,9-12H,7-8H2,1-3H3,(H,18,22)(H,19,20,21). The number of amides is 1. The van der Waals surface area contributed by atoms with Crippen molar-refractivity contribution in [1.82, 2.24) is 15.3 Å². The van der Waals surface area contributed by atoms with Gasteiger partial charge >= 0.3 is 0 Å². The second-order valence-electron chi connectivity index (χ2n) is 5.45. The molecule has 0 atom stereocenters. The van der Waals surface area contributed by atoms with E-state index >= 15 is 0 Å². The third-order valence-electron chi connectivity index (χ3n) is 3.17.